The number of halogens is 1. The zero-order valence-electron chi connectivity index (χ0n) is 11.6. The van der Waals surface area contributed by atoms with E-state index in [1.54, 1.807) is 0 Å². The Balaban J connectivity index is 2.01. The van der Waals surface area contributed by atoms with E-state index >= 15 is 0 Å². The summed E-state index contributed by atoms with van der Waals surface area (Å²) in [6.45, 7) is 3.19. The van der Waals surface area contributed by atoms with Gasteiger partial charge in [-0.05, 0) is 38.0 Å². The second-order valence-corrected chi connectivity index (χ2v) is 5.66. The molecule has 0 saturated carbocycles. The van der Waals surface area contributed by atoms with Crippen molar-refractivity contribution in [2.24, 2.45) is 0 Å². The van der Waals surface area contributed by atoms with Crippen LogP contribution in [0.3, 0.4) is 0 Å². The van der Waals surface area contributed by atoms with Gasteiger partial charge in [-0.15, -0.1) is 0 Å². The number of aromatic carboxylic acids is 1. The molecule has 6 nitrogen and oxygen atoms in total. The zero-order valence-corrected chi connectivity index (χ0v) is 12.4. The lowest BCUT2D eigenvalue weighted by molar-refractivity contribution is 0.0499. The van der Waals surface area contributed by atoms with Crippen molar-refractivity contribution in [3.05, 3.63) is 28.8 Å². The molecule has 1 saturated heterocycles. The third-order valence-electron chi connectivity index (χ3n) is 3.48. The molecule has 114 valence electrons. The molecule has 7 heteroatoms. The third kappa shape index (κ3) is 4.09. The van der Waals surface area contributed by atoms with E-state index < -0.39 is 5.97 Å². The minimum Gasteiger partial charge on any atom is -0.478 e. The van der Waals surface area contributed by atoms with E-state index in [4.69, 9.17) is 21.4 Å². The number of hydrogen-bond donors (Lipinski definition) is 3. The lowest BCUT2D eigenvalue weighted by Gasteiger charge is -2.34. The molecule has 1 aromatic carbocycles. The summed E-state index contributed by atoms with van der Waals surface area (Å²) in [6.07, 6.45) is 1.48. The molecule has 1 heterocycles. The number of carboxylic acid groups (broad SMARTS) is 1. The number of nitrogens with one attached hydrogen (secondary N) is 2. The van der Waals surface area contributed by atoms with Gasteiger partial charge in [0.25, 0.3) is 0 Å². The topological polar surface area (TPSA) is 87.7 Å². The van der Waals surface area contributed by atoms with Gasteiger partial charge in [-0.25, -0.2) is 9.59 Å². The van der Waals surface area contributed by atoms with Gasteiger partial charge in [0, 0.05) is 18.8 Å². The molecule has 0 radical (unpaired) electrons. The fourth-order valence-corrected chi connectivity index (χ4v) is 2.35. The summed E-state index contributed by atoms with van der Waals surface area (Å²) in [4.78, 5) is 22.8. The van der Waals surface area contributed by atoms with Crippen molar-refractivity contribution in [2.45, 2.75) is 25.3 Å². The van der Waals surface area contributed by atoms with E-state index in [0.29, 0.717) is 18.9 Å². The van der Waals surface area contributed by atoms with Crippen LogP contribution in [0.15, 0.2) is 18.2 Å². The molecular formula is C14H17ClN2O4. The SMILES string of the molecule is CC1(NC(=O)Nc2ccc(C(=O)O)cc2Cl)CCOCC1. The molecule has 21 heavy (non-hydrogen) atoms. The molecule has 0 bridgehead atoms. The first kappa shape index (κ1) is 15.6. The summed E-state index contributed by atoms with van der Waals surface area (Å²) >= 11 is 5.97. The highest BCUT2D eigenvalue weighted by Gasteiger charge is 2.29. The Morgan fingerprint density at radius 1 is 1.33 bits per heavy atom. The summed E-state index contributed by atoms with van der Waals surface area (Å²) < 4.78 is 5.27. The average Bonchev–Trinajstić information content (AvgIpc) is 2.41. The van der Waals surface area contributed by atoms with Crippen LogP contribution >= 0.6 is 11.6 Å². The Morgan fingerprint density at radius 2 is 2.00 bits per heavy atom. The number of hydrogen-bond acceptors (Lipinski definition) is 3. The average molecular weight is 313 g/mol. The van der Waals surface area contributed by atoms with Crippen molar-refractivity contribution in [3.63, 3.8) is 0 Å². The van der Waals surface area contributed by atoms with Crippen LogP contribution in [-0.4, -0.2) is 35.9 Å². The number of rotatable bonds is 3. The van der Waals surface area contributed by atoms with E-state index in [2.05, 4.69) is 10.6 Å². The molecule has 0 aliphatic carbocycles. The van der Waals surface area contributed by atoms with E-state index in [9.17, 15) is 9.59 Å². The number of carboxylic acids is 1. The summed E-state index contributed by atoms with van der Waals surface area (Å²) in [5, 5.41) is 14.6. The maximum Gasteiger partial charge on any atom is 0.335 e. The van der Waals surface area contributed by atoms with Gasteiger partial charge in [0.1, 0.15) is 0 Å². The first-order valence-corrected chi connectivity index (χ1v) is 6.97. The fraction of sp³-hybridized carbons (Fsp3) is 0.429. The second kappa shape index (κ2) is 6.32. The molecule has 0 atom stereocenters. The Labute approximate surface area is 127 Å². The van der Waals surface area contributed by atoms with E-state index in [0.717, 1.165) is 12.8 Å². The van der Waals surface area contributed by atoms with Gasteiger partial charge in [-0.1, -0.05) is 11.6 Å². The van der Waals surface area contributed by atoms with Gasteiger partial charge in [-0.3, -0.25) is 0 Å². The molecule has 2 amide bonds. The monoisotopic (exact) mass is 312 g/mol. The van der Waals surface area contributed by atoms with Crippen LogP contribution < -0.4 is 10.6 Å². The smallest absolute Gasteiger partial charge is 0.335 e. The number of carbonyl (C=O) groups excluding carboxylic acids is 1. The van der Waals surface area contributed by atoms with Crippen molar-refractivity contribution >= 4 is 29.3 Å². The molecule has 3 N–H and O–H groups in total. The number of anilines is 1. The largest absolute Gasteiger partial charge is 0.478 e. The minimum atomic E-state index is -1.07. The first-order valence-electron chi connectivity index (χ1n) is 6.59. The molecule has 1 fully saturated rings. The van der Waals surface area contributed by atoms with Gasteiger partial charge < -0.3 is 20.5 Å². The number of amides is 2. The van der Waals surface area contributed by atoms with Crippen molar-refractivity contribution in [2.75, 3.05) is 18.5 Å². The summed E-state index contributed by atoms with van der Waals surface area (Å²) in [7, 11) is 0. The quantitative estimate of drug-likeness (QED) is 0.800. The lowest BCUT2D eigenvalue weighted by atomic mass is 9.93. The van der Waals surface area contributed by atoms with Gasteiger partial charge in [0.15, 0.2) is 0 Å². The predicted octanol–water partition coefficient (Wildman–Crippen LogP) is 2.73. The fourth-order valence-electron chi connectivity index (χ4n) is 2.12. The number of ether oxygens (including phenoxy) is 1. The highest BCUT2D eigenvalue weighted by atomic mass is 35.5. The van der Waals surface area contributed by atoms with Gasteiger partial charge in [-0.2, -0.15) is 0 Å². The third-order valence-corrected chi connectivity index (χ3v) is 3.79. The first-order chi connectivity index (χ1) is 9.89. The van der Waals surface area contributed by atoms with E-state index in [-0.39, 0.29) is 22.2 Å². The van der Waals surface area contributed by atoms with Crippen LogP contribution in [0.2, 0.25) is 5.02 Å². The molecule has 1 aliphatic heterocycles. The maximum absolute atomic E-state index is 12.0. The van der Waals surface area contributed by atoms with Gasteiger partial charge >= 0.3 is 12.0 Å². The Kier molecular flexibility index (Phi) is 4.69. The van der Waals surface area contributed by atoms with Gasteiger partial charge in [0.05, 0.1) is 16.3 Å². The highest BCUT2D eigenvalue weighted by molar-refractivity contribution is 6.34. The number of carbonyl (C=O) groups is 2. The predicted molar refractivity (Wildman–Crippen MR) is 79.0 cm³/mol. The summed E-state index contributed by atoms with van der Waals surface area (Å²) in [6, 6.07) is 3.79. The summed E-state index contributed by atoms with van der Waals surface area (Å²) in [5.74, 6) is -1.07. The Morgan fingerprint density at radius 3 is 2.57 bits per heavy atom. The van der Waals surface area contributed by atoms with Crippen LogP contribution in [0.5, 0.6) is 0 Å². The molecule has 2 rings (SSSR count). The van der Waals surface area contributed by atoms with Crippen molar-refractivity contribution < 1.29 is 19.4 Å². The van der Waals surface area contributed by atoms with Crippen LogP contribution in [0.25, 0.3) is 0 Å². The maximum atomic E-state index is 12.0. The Hall–Kier alpha value is -1.79. The highest BCUT2D eigenvalue weighted by Crippen LogP contribution is 2.24. The standard InChI is InChI=1S/C14H17ClN2O4/c1-14(4-6-21-7-5-14)17-13(20)16-11-3-2-9(12(18)19)8-10(11)15/h2-3,8H,4-7H2,1H3,(H,18,19)(H2,16,17,20). The van der Waals surface area contributed by atoms with Crippen molar-refractivity contribution in [1.29, 1.82) is 0 Å². The van der Waals surface area contributed by atoms with Crippen LogP contribution in [0, 0.1) is 0 Å². The number of benzene rings is 1. The summed E-state index contributed by atoms with van der Waals surface area (Å²) in [5.41, 5.74) is 0.132. The zero-order chi connectivity index (χ0) is 15.5. The minimum absolute atomic E-state index is 0.0716. The van der Waals surface area contributed by atoms with Crippen LogP contribution in [0.4, 0.5) is 10.5 Å². The van der Waals surface area contributed by atoms with Crippen molar-refractivity contribution in [1.82, 2.24) is 5.32 Å². The van der Waals surface area contributed by atoms with Crippen LogP contribution in [0.1, 0.15) is 30.1 Å². The van der Waals surface area contributed by atoms with Crippen molar-refractivity contribution in [3.8, 4) is 0 Å². The Bertz CT molecular complexity index is 556. The molecule has 0 unspecified atom stereocenters. The molecule has 1 aromatic rings. The molecule has 0 aromatic heterocycles. The normalized spacial score (nSPS) is 17.0. The van der Waals surface area contributed by atoms with Crippen LogP contribution in [-0.2, 0) is 4.74 Å². The van der Waals surface area contributed by atoms with Gasteiger partial charge in [0.2, 0.25) is 0 Å². The molecular weight excluding hydrogens is 296 g/mol. The number of urea groups is 1. The molecule has 0 spiro atoms. The molecule has 1 aliphatic rings. The second-order valence-electron chi connectivity index (χ2n) is 5.25. The lowest BCUT2D eigenvalue weighted by Crippen LogP contribution is -2.51. The van der Waals surface area contributed by atoms with E-state index in [1.165, 1.54) is 18.2 Å². The van der Waals surface area contributed by atoms with E-state index in [1.807, 2.05) is 6.92 Å².